The number of aromatic nitrogens is 1. The van der Waals surface area contributed by atoms with Crippen LogP contribution in [0.3, 0.4) is 0 Å². The third-order valence-electron chi connectivity index (χ3n) is 5.33. The fraction of sp³-hybridized carbons (Fsp3) is 0.360. The van der Waals surface area contributed by atoms with Crippen molar-refractivity contribution in [1.29, 1.82) is 0 Å². The van der Waals surface area contributed by atoms with Gasteiger partial charge in [0.2, 0.25) is 0 Å². The Labute approximate surface area is 192 Å². The summed E-state index contributed by atoms with van der Waals surface area (Å²) in [6, 6.07) is 13.8. The van der Waals surface area contributed by atoms with Crippen LogP contribution in [0.15, 0.2) is 46.9 Å². The van der Waals surface area contributed by atoms with Crippen LogP contribution in [-0.4, -0.2) is 49.6 Å². The van der Waals surface area contributed by atoms with E-state index < -0.39 is 0 Å². The van der Waals surface area contributed by atoms with Gasteiger partial charge in [0.15, 0.2) is 22.2 Å². The molecule has 0 aliphatic rings. The van der Waals surface area contributed by atoms with Gasteiger partial charge in [0.05, 0.1) is 16.8 Å². The number of benzene rings is 2. The van der Waals surface area contributed by atoms with Crippen molar-refractivity contribution in [3.63, 3.8) is 0 Å². The summed E-state index contributed by atoms with van der Waals surface area (Å²) in [5, 5.41) is 1.55. The Morgan fingerprint density at radius 2 is 1.97 bits per heavy atom. The van der Waals surface area contributed by atoms with Crippen LogP contribution in [-0.2, 0) is 6.42 Å². The number of furan rings is 1. The van der Waals surface area contributed by atoms with Crippen LogP contribution in [0.4, 0.5) is 5.13 Å². The minimum Gasteiger partial charge on any atom is -0.490 e. The van der Waals surface area contributed by atoms with E-state index in [1.807, 2.05) is 45.3 Å². The van der Waals surface area contributed by atoms with E-state index in [2.05, 4.69) is 24.0 Å². The number of ether oxygens (including phenoxy) is 1. The van der Waals surface area contributed by atoms with Gasteiger partial charge >= 0.3 is 0 Å². The molecule has 0 saturated carbocycles. The van der Waals surface area contributed by atoms with Crippen LogP contribution < -0.4 is 9.64 Å². The number of amides is 1. The van der Waals surface area contributed by atoms with Gasteiger partial charge in [-0.25, -0.2) is 4.98 Å². The molecule has 168 valence electrons. The van der Waals surface area contributed by atoms with Gasteiger partial charge in [-0.2, -0.15) is 0 Å². The van der Waals surface area contributed by atoms with E-state index in [9.17, 15) is 4.79 Å². The molecule has 1 amide bonds. The number of hydrogen-bond acceptors (Lipinski definition) is 6. The maximum Gasteiger partial charge on any atom is 0.295 e. The lowest BCUT2D eigenvalue weighted by Gasteiger charge is -2.19. The lowest BCUT2D eigenvalue weighted by molar-refractivity contribution is 0.0961. The number of carbonyl (C=O) groups is 1. The van der Waals surface area contributed by atoms with Gasteiger partial charge in [-0.05, 0) is 70.2 Å². The number of rotatable bonds is 9. The maximum atomic E-state index is 13.6. The first-order chi connectivity index (χ1) is 15.5. The zero-order chi connectivity index (χ0) is 22.7. The molecule has 0 bridgehead atoms. The highest BCUT2D eigenvalue weighted by Gasteiger charge is 2.25. The molecule has 32 heavy (non-hydrogen) atoms. The normalized spacial score (nSPS) is 11.5. The first-order valence-corrected chi connectivity index (χ1v) is 11.8. The van der Waals surface area contributed by atoms with Crippen molar-refractivity contribution in [2.24, 2.45) is 0 Å². The monoisotopic (exact) mass is 451 g/mol. The summed E-state index contributed by atoms with van der Waals surface area (Å²) >= 11 is 1.55. The van der Waals surface area contributed by atoms with Crippen molar-refractivity contribution in [2.45, 2.75) is 26.7 Å². The summed E-state index contributed by atoms with van der Waals surface area (Å²) in [4.78, 5) is 22.2. The lowest BCUT2D eigenvalue weighted by Crippen LogP contribution is -2.33. The number of fused-ring (bicyclic) bond motifs is 2. The highest BCUT2D eigenvalue weighted by molar-refractivity contribution is 7.22. The Morgan fingerprint density at radius 1 is 1.12 bits per heavy atom. The number of para-hydroxylation sites is 1. The van der Waals surface area contributed by atoms with Gasteiger partial charge in [0.25, 0.3) is 5.91 Å². The second kappa shape index (κ2) is 9.71. The van der Waals surface area contributed by atoms with E-state index in [-0.39, 0.29) is 5.91 Å². The predicted molar refractivity (Wildman–Crippen MR) is 131 cm³/mol. The molecule has 0 aliphatic heterocycles. The molecule has 6 nitrogen and oxygen atoms in total. The SMILES string of the molecule is CCOc1cccc2cc(C(=O)N(CCCN(C)C)c3nc4ccc(CC)cc4s3)oc12. The van der Waals surface area contributed by atoms with Gasteiger partial charge in [0, 0.05) is 11.9 Å². The molecule has 2 aromatic heterocycles. The average Bonchev–Trinajstić information content (AvgIpc) is 3.40. The standard InChI is InChI=1S/C25H29N3O3S/c1-5-17-11-12-19-22(15-17)32-25(26-19)28(14-8-13-27(3)4)24(29)21-16-18-9-7-10-20(30-6-2)23(18)31-21/h7,9-12,15-16H,5-6,8,13-14H2,1-4H3. The van der Waals surface area contributed by atoms with Crippen molar-refractivity contribution in [2.75, 3.05) is 38.7 Å². The number of thiazole rings is 1. The quantitative estimate of drug-likeness (QED) is 0.331. The minimum absolute atomic E-state index is 0.183. The molecule has 0 fully saturated rings. The van der Waals surface area contributed by atoms with E-state index >= 15 is 0 Å². The second-order valence-corrected chi connectivity index (χ2v) is 8.99. The second-order valence-electron chi connectivity index (χ2n) is 7.98. The van der Waals surface area contributed by atoms with Gasteiger partial charge in [-0.3, -0.25) is 9.69 Å². The smallest absolute Gasteiger partial charge is 0.295 e. The van der Waals surface area contributed by atoms with E-state index in [1.54, 1.807) is 22.3 Å². The van der Waals surface area contributed by atoms with Crippen molar-refractivity contribution >= 4 is 43.6 Å². The molecule has 2 heterocycles. The molecule has 4 aromatic rings. The number of carbonyl (C=O) groups excluding carboxylic acids is 1. The fourth-order valence-corrected chi connectivity index (χ4v) is 4.72. The molecule has 0 radical (unpaired) electrons. The molecule has 0 saturated heterocycles. The summed E-state index contributed by atoms with van der Waals surface area (Å²) in [5.41, 5.74) is 2.78. The molecule has 2 aromatic carbocycles. The van der Waals surface area contributed by atoms with Crippen LogP contribution in [0.5, 0.6) is 5.75 Å². The van der Waals surface area contributed by atoms with Crippen LogP contribution >= 0.6 is 11.3 Å². The molecule has 7 heteroatoms. The highest BCUT2D eigenvalue weighted by atomic mass is 32.1. The topological polar surface area (TPSA) is 58.8 Å². The largest absolute Gasteiger partial charge is 0.490 e. The Bertz CT molecular complexity index is 1230. The molecule has 0 N–H and O–H groups in total. The number of nitrogens with zero attached hydrogens (tertiary/aromatic N) is 3. The van der Waals surface area contributed by atoms with Crippen molar-refractivity contribution in [3.05, 3.63) is 53.8 Å². The molecule has 0 atom stereocenters. The summed E-state index contributed by atoms with van der Waals surface area (Å²) in [5.74, 6) is 0.762. The van der Waals surface area contributed by atoms with Crippen LogP contribution in [0.2, 0.25) is 0 Å². The first kappa shape index (κ1) is 22.3. The summed E-state index contributed by atoms with van der Waals surface area (Å²) in [6.07, 6.45) is 1.80. The molecular weight excluding hydrogens is 422 g/mol. The predicted octanol–water partition coefficient (Wildman–Crippen LogP) is 5.60. The Morgan fingerprint density at radius 3 is 2.72 bits per heavy atom. The van der Waals surface area contributed by atoms with E-state index in [0.717, 1.165) is 35.0 Å². The maximum absolute atomic E-state index is 13.6. The van der Waals surface area contributed by atoms with Crippen molar-refractivity contribution < 1.29 is 13.9 Å². The van der Waals surface area contributed by atoms with Crippen LogP contribution in [0, 0.1) is 0 Å². The molecule has 0 aliphatic carbocycles. The van der Waals surface area contributed by atoms with E-state index in [0.29, 0.717) is 35.4 Å². The third kappa shape index (κ3) is 4.64. The average molecular weight is 452 g/mol. The van der Waals surface area contributed by atoms with Gasteiger partial charge in [-0.1, -0.05) is 36.5 Å². The summed E-state index contributed by atoms with van der Waals surface area (Å²) in [6.45, 7) is 6.04. The van der Waals surface area contributed by atoms with Gasteiger partial charge < -0.3 is 14.1 Å². The molecular formula is C25H29N3O3S. The lowest BCUT2D eigenvalue weighted by atomic mass is 10.2. The van der Waals surface area contributed by atoms with E-state index in [4.69, 9.17) is 14.1 Å². The van der Waals surface area contributed by atoms with Crippen molar-refractivity contribution in [3.8, 4) is 5.75 Å². The molecule has 0 spiro atoms. The minimum atomic E-state index is -0.183. The summed E-state index contributed by atoms with van der Waals surface area (Å²) in [7, 11) is 4.06. The number of hydrogen-bond donors (Lipinski definition) is 0. The Kier molecular flexibility index (Phi) is 6.77. The third-order valence-corrected chi connectivity index (χ3v) is 6.37. The Balaban J connectivity index is 1.70. The van der Waals surface area contributed by atoms with Crippen LogP contribution in [0.1, 0.15) is 36.4 Å². The summed E-state index contributed by atoms with van der Waals surface area (Å²) < 4.78 is 12.8. The Hall–Kier alpha value is -2.90. The van der Waals surface area contributed by atoms with Gasteiger partial charge in [-0.15, -0.1) is 0 Å². The molecule has 4 rings (SSSR count). The highest BCUT2D eigenvalue weighted by Crippen LogP contribution is 2.33. The fourth-order valence-electron chi connectivity index (χ4n) is 3.67. The van der Waals surface area contributed by atoms with E-state index in [1.165, 1.54) is 5.56 Å². The first-order valence-electron chi connectivity index (χ1n) is 11.0. The zero-order valence-electron chi connectivity index (χ0n) is 19.1. The van der Waals surface area contributed by atoms with Crippen molar-refractivity contribution in [1.82, 2.24) is 9.88 Å². The van der Waals surface area contributed by atoms with Crippen LogP contribution in [0.25, 0.3) is 21.2 Å². The number of anilines is 1. The zero-order valence-corrected chi connectivity index (χ0v) is 19.9. The van der Waals surface area contributed by atoms with Gasteiger partial charge in [0.1, 0.15) is 0 Å². The molecule has 0 unspecified atom stereocenters. The number of aryl methyl sites for hydroxylation is 1.